The average Bonchev–Trinajstić information content (AvgIpc) is 1.86. The summed E-state index contributed by atoms with van der Waals surface area (Å²) in [4.78, 5) is 12.8. The molecule has 1 atom stereocenters. The second kappa shape index (κ2) is 5.13. The predicted molar refractivity (Wildman–Crippen MR) is 46.2 cm³/mol. The molecule has 0 fully saturated rings. The zero-order valence-corrected chi connectivity index (χ0v) is 7.63. The van der Waals surface area contributed by atoms with Crippen molar-refractivity contribution >= 4 is 5.91 Å². The van der Waals surface area contributed by atoms with Crippen molar-refractivity contribution < 1.29 is 4.79 Å². The van der Waals surface area contributed by atoms with Crippen LogP contribution in [0.5, 0.6) is 0 Å². The summed E-state index contributed by atoms with van der Waals surface area (Å²) in [5, 5.41) is 0. The Labute approximate surface area is 68.6 Å². The van der Waals surface area contributed by atoms with E-state index in [1.165, 1.54) is 0 Å². The molecule has 1 amide bonds. The van der Waals surface area contributed by atoms with E-state index in [-0.39, 0.29) is 11.9 Å². The third-order valence-corrected chi connectivity index (χ3v) is 1.45. The SMILES string of the molecule is CCCC(=O)N(C)CC(C)N. The number of hydrogen-bond acceptors (Lipinski definition) is 2. The number of nitrogens with zero attached hydrogens (tertiary/aromatic N) is 1. The summed E-state index contributed by atoms with van der Waals surface area (Å²) in [6, 6.07) is 0.0702. The van der Waals surface area contributed by atoms with Crippen molar-refractivity contribution in [3.05, 3.63) is 0 Å². The van der Waals surface area contributed by atoms with Crippen molar-refractivity contribution in [1.82, 2.24) is 4.90 Å². The van der Waals surface area contributed by atoms with Gasteiger partial charge in [-0.05, 0) is 13.3 Å². The van der Waals surface area contributed by atoms with Crippen LogP contribution in [0.15, 0.2) is 0 Å². The molecule has 0 spiro atoms. The lowest BCUT2D eigenvalue weighted by atomic mass is 10.3. The van der Waals surface area contributed by atoms with E-state index in [4.69, 9.17) is 5.73 Å². The van der Waals surface area contributed by atoms with E-state index in [0.717, 1.165) is 6.42 Å². The molecule has 0 saturated heterocycles. The Kier molecular flexibility index (Phi) is 4.86. The van der Waals surface area contributed by atoms with E-state index < -0.39 is 0 Å². The molecule has 11 heavy (non-hydrogen) atoms. The number of carbonyl (C=O) groups is 1. The lowest BCUT2D eigenvalue weighted by molar-refractivity contribution is -0.130. The maximum absolute atomic E-state index is 11.1. The molecule has 0 aliphatic rings. The number of likely N-dealkylation sites (N-methyl/N-ethyl adjacent to an activating group) is 1. The highest BCUT2D eigenvalue weighted by Crippen LogP contribution is 1.94. The van der Waals surface area contributed by atoms with Crippen LogP contribution in [-0.2, 0) is 4.79 Å². The Morgan fingerprint density at radius 1 is 1.64 bits per heavy atom. The quantitative estimate of drug-likeness (QED) is 0.651. The van der Waals surface area contributed by atoms with Crippen LogP contribution >= 0.6 is 0 Å². The first-order valence-electron chi connectivity index (χ1n) is 4.07. The second-order valence-corrected chi connectivity index (χ2v) is 3.00. The van der Waals surface area contributed by atoms with Gasteiger partial charge in [-0.2, -0.15) is 0 Å². The molecule has 0 saturated carbocycles. The Bertz CT molecular complexity index is 123. The van der Waals surface area contributed by atoms with E-state index >= 15 is 0 Å². The van der Waals surface area contributed by atoms with Gasteiger partial charge >= 0.3 is 0 Å². The normalized spacial score (nSPS) is 12.7. The minimum absolute atomic E-state index is 0.0702. The molecule has 0 radical (unpaired) electrons. The molecule has 1 unspecified atom stereocenters. The first-order chi connectivity index (χ1) is 5.07. The number of amides is 1. The fourth-order valence-electron chi connectivity index (χ4n) is 0.939. The zero-order valence-electron chi connectivity index (χ0n) is 7.63. The zero-order chi connectivity index (χ0) is 8.85. The predicted octanol–water partition coefficient (Wildman–Crippen LogP) is 0.592. The van der Waals surface area contributed by atoms with Gasteiger partial charge in [0.15, 0.2) is 0 Å². The first kappa shape index (κ1) is 10.4. The first-order valence-corrected chi connectivity index (χ1v) is 4.07. The van der Waals surface area contributed by atoms with Crippen molar-refractivity contribution in [2.24, 2.45) is 5.73 Å². The van der Waals surface area contributed by atoms with Gasteiger partial charge in [-0.1, -0.05) is 6.92 Å². The van der Waals surface area contributed by atoms with Gasteiger partial charge in [-0.15, -0.1) is 0 Å². The standard InChI is InChI=1S/C8H18N2O/c1-4-5-8(11)10(3)6-7(2)9/h7H,4-6,9H2,1-3H3. The van der Waals surface area contributed by atoms with Crippen LogP contribution < -0.4 is 5.73 Å². The Morgan fingerprint density at radius 2 is 2.18 bits per heavy atom. The van der Waals surface area contributed by atoms with E-state index in [1.54, 1.807) is 11.9 Å². The van der Waals surface area contributed by atoms with Crippen molar-refractivity contribution in [1.29, 1.82) is 0 Å². The van der Waals surface area contributed by atoms with Crippen LogP contribution in [0, 0.1) is 0 Å². The number of nitrogens with two attached hydrogens (primary N) is 1. The van der Waals surface area contributed by atoms with E-state index in [0.29, 0.717) is 13.0 Å². The molecule has 0 aromatic rings. The molecule has 0 aliphatic heterocycles. The molecule has 3 heteroatoms. The van der Waals surface area contributed by atoms with Gasteiger partial charge in [0.05, 0.1) is 0 Å². The van der Waals surface area contributed by atoms with Crippen LogP contribution in [0.1, 0.15) is 26.7 Å². The summed E-state index contributed by atoms with van der Waals surface area (Å²) in [6.45, 7) is 4.55. The Morgan fingerprint density at radius 3 is 2.55 bits per heavy atom. The van der Waals surface area contributed by atoms with Gasteiger partial charge in [0.25, 0.3) is 0 Å². The van der Waals surface area contributed by atoms with Gasteiger partial charge in [0.2, 0.25) is 5.91 Å². The van der Waals surface area contributed by atoms with Crippen molar-refractivity contribution in [3.63, 3.8) is 0 Å². The lowest BCUT2D eigenvalue weighted by Crippen LogP contribution is -2.36. The summed E-state index contributed by atoms with van der Waals surface area (Å²) >= 11 is 0. The van der Waals surface area contributed by atoms with Crippen LogP contribution in [0.3, 0.4) is 0 Å². The molecule has 0 rings (SSSR count). The minimum Gasteiger partial charge on any atom is -0.344 e. The monoisotopic (exact) mass is 158 g/mol. The number of hydrogen-bond donors (Lipinski definition) is 1. The molecule has 2 N–H and O–H groups in total. The summed E-state index contributed by atoms with van der Waals surface area (Å²) in [5.74, 6) is 0.185. The van der Waals surface area contributed by atoms with E-state index in [1.807, 2.05) is 13.8 Å². The molecule has 0 heterocycles. The fraction of sp³-hybridized carbons (Fsp3) is 0.875. The van der Waals surface area contributed by atoms with Gasteiger partial charge in [0.1, 0.15) is 0 Å². The third-order valence-electron chi connectivity index (χ3n) is 1.45. The largest absolute Gasteiger partial charge is 0.344 e. The Balaban J connectivity index is 3.64. The highest BCUT2D eigenvalue weighted by Gasteiger charge is 2.07. The molecule has 66 valence electrons. The van der Waals surface area contributed by atoms with Crippen LogP contribution in [0.4, 0.5) is 0 Å². The highest BCUT2D eigenvalue weighted by molar-refractivity contribution is 5.75. The van der Waals surface area contributed by atoms with Crippen LogP contribution in [0.25, 0.3) is 0 Å². The number of rotatable bonds is 4. The van der Waals surface area contributed by atoms with Gasteiger partial charge < -0.3 is 10.6 Å². The maximum atomic E-state index is 11.1. The van der Waals surface area contributed by atoms with E-state index in [9.17, 15) is 4.79 Å². The fourth-order valence-corrected chi connectivity index (χ4v) is 0.939. The second-order valence-electron chi connectivity index (χ2n) is 3.00. The molecule has 3 nitrogen and oxygen atoms in total. The van der Waals surface area contributed by atoms with Gasteiger partial charge in [-0.25, -0.2) is 0 Å². The molecule has 0 aromatic carbocycles. The number of carbonyl (C=O) groups excluding carboxylic acids is 1. The lowest BCUT2D eigenvalue weighted by Gasteiger charge is -2.18. The van der Waals surface area contributed by atoms with Crippen molar-refractivity contribution in [2.45, 2.75) is 32.7 Å². The Hall–Kier alpha value is -0.570. The summed E-state index contributed by atoms with van der Waals surface area (Å²) in [5.41, 5.74) is 5.53. The summed E-state index contributed by atoms with van der Waals surface area (Å²) in [6.07, 6.45) is 1.53. The van der Waals surface area contributed by atoms with Crippen molar-refractivity contribution in [2.75, 3.05) is 13.6 Å². The smallest absolute Gasteiger partial charge is 0.222 e. The maximum Gasteiger partial charge on any atom is 0.222 e. The van der Waals surface area contributed by atoms with Crippen LogP contribution in [-0.4, -0.2) is 30.4 Å². The molecule has 0 aliphatic carbocycles. The van der Waals surface area contributed by atoms with Crippen LogP contribution in [0.2, 0.25) is 0 Å². The van der Waals surface area contributed by atoms with E-state index in [2.05, 4.69) is 0 Å². The molecule has 0 aromatic heterocycles. The summed E-state index contributed by atoms with van der Waals surface area (Å²) < 4.78 is 0. The minimum atomic E-state index is 0.0702. The molecular formula is C8H18N2O. The topological polar surface area (TPSA) is 46.3 Å². The summed E-state index contributed by atoms with van der Waals surface area (Å²) in [7, 11) is 1.79. The van der Waals surface area contributed by atoms with Gasteiger partial charge in [0, 0.05) is 26.1 Å². The average molecular weight is 158 g/mol. The highest BCUT2D eigenvalue weighted by atomic mass is 16.2. The van der Waals surface area contributed by atoms with Crippen molar-refractivity contribution in [3.8, 4) is 0 Å². The molecular weight excluding hydrogens is 140 g/mol. The third kappa shape index (κ3) is 4.79. The van der Waals surface area contributed by atoms with Gasteiger partial charge in [-0.3, -0.25) is 4.79 Å². The molecule has 0 bridgehead atoms.